The van der Waals surface area contributed by atoms with Gasteiger partial charge in [-0.3, -0.25) is 4.68 Å². The zero-order chi connectivity index (χ0) is 32.4. The maximum atomic E-state index is 14.3. The van der Waals surface area contributed by atoms with E-state index in [9.17, 15) is 18.7 Å². The summed E-state index contributed by atoms with van der Waals surface area (Å²) < 4.78 is 39.1. The van der Waals surface area contributed by atoms with E-state index in [0.29, 0.717) is 28.3 Å². The molecule has 0 aliphatic heterocycles. The van der Waals surface area contributed by atoms with Crippen molar-refractivity contribution in [3.8, 4) is 23.0 Å². The van der Waals surface area contributed by atoms with Gasteiger partial charge in [0.25, 0.3) is 0 Å². The third kappa shape index (κ3) is 8.07. The lowest BCUT2D eigenvalue weighted by Gasteiger charge is -2.25. The van der Waals surface area contributed by atoms with Crippen LogP contribution in [0.15, 0.2) is 42.5 Å². The highest BCUT2D eigenvalue weighted by atomic mass is 32.2. The molecule has 2 heterocycles. The number of benzene rings is 2. The molecule has 1 unspecified atom stereocenters. The molecule has 4 rings (SSSR count). The van der Waals surface area contributed by atoms with E-state index in [4.69, 9.17) is 14.8 Å². The zero-order valence-electron chi connectivity index (χ0n) is 26.1. The maximum absolute atomic E-state index is 14.3. The van der Waals surface area contributed by atoms with Crippen LogP contribution in [0.1, 0.15) is 63.2 Å². The molecule has 8 nitrogen and oxygen atoms in total. The SMILES string of the molecule is CSNc1nn(C)c2c(-c3ccc(C#CC(C)(C)O)nc3C(Cc3cc(F)cc(F)c3)NC(=O)OC(C)(C)C)ccc(C)c12. The number of halogens is 2. The van der Waals surface area contributed by atoms with Gasteiger partial charge in [0.05, 0.1) is 17.3 Å². The number of hydrogen-bond acceptors (Lipinski definition) is 7. The quantitative estimate of drug-likeness (QED) is 0.153. The number of fused-ring (bicyclic) bond motifs is 1. The Morgan fingerprint density at radius 1 is 1.09 bits per heavy atom. The molecular weight excluding hydrogens is 584 g/mol. The average Bonchev–Trinajstić information content (AvgIpc) is 3.22. The minimum Gasteiger partial charge on any atom is -0.444 e. The fourth-order valence-electron chi connectivity index (χ4n) is 4.85. The van der Waals surface area contributed by atoms with E-state index in [1.54, 1.807) is 45.4 Å². The summed E-state index contributed by atoms with van der Waals surface area (Å²) in [7, 11) is 1.85. The number of carbonyl (C=O) groups is 1. The predicted molar refractivity (Wildman–Crippen MR) is 171 cm³/mol. The van der Waals surface area contributed by atoms with E-state index in [-0.39, 0.29) is 6.42 Å². The number of nitrogens with one attached hydrogen (secondary N) is 2. The fourth-order valence-corrected chi connectivity index (χ4v) is 5.18. The second-order valence-electron chi connectivity index (χ2n) is 12.1. The van der Waals surface area contributed by atoms with Crippen LogP contribution in [-0.4, -0.2) is 43.4 Å². The second-order valence-corrected chi connectivity index (χ2v) is 12.7. The fraction of sp³-hybridized carbons (Fsp3) is 0.364. The van der Waals surface area contributed by atoms with Gasteiger partial charge in [-0.05, 0) is 89.3 Å². The van der Waals surface area contributed by atoms with E-state index in [0.717, 1.165) is 28.1 Å². The molecule has 2 aromatic heterocycles. The lowest BCUT2D eigenvalue weighted by atomic mass is 9.93. The van der Waals surface area contributed by atoms with Crippen molar-refractivity contribution in [2.45, 2.75) is 65.2 Å². The van der Waals surface area contributed by atoms with E-state index in [1.165, 1.54) is 24.1 Å². The van der Waals surface area contributed by atoms with Gasteiger partial charge < -0.3 is 19.9 Å². The Balaban J connectivity index is 1.99. The molecule has 1 atom stereocenters. The lowest BCUT2D eigenvalue weighted by molar-refractivity contribution is 0.0502. The largest absolute Gasteiger partial charge is 0.444 e. The van der Waals surface area contributed by atoms with Gasteiger partial charge in [0, 0.05) is 35.9 Å². The summed E-state index contributed by atoms with van der Waals surface area (Å²) in [6.45, 7) is 10.3. The van der Waals surface area contributed by atoms with E-state index in [1.807, 2.05) is 38.4 Å². The number of aliphatic hydroxyl groups is 1. The predicted octanol–water partition coefficient (Wildman–Crippen LogP) is 6.84. The monoisotopic (exact) mass is 621 g/mol. The molecule has 11 heteroatoms. The normalized spacial score (nSPS) is 12.4. The van der Waals surface area contributed by atoms with Crippen LogP contribution in [0.5, 0.6) is 0 Å². The minimum absolute atomic E-state index is 0.00400. The highest BCUT2D eigenvalue weighted by Gasteiger charge is 2.27. The Bertz CT molecular complexity index is 1740. The number of amides is 1. The molecule has 3 N–H and O–H groups in total. The van der Waals surface area contributed by atoms with Crippen LogP contribution in [0.4, 0.5) is 19.4 Å². The third-order valence-corrected chi connectivity index (χ3v) is 6.89. The molecule has 4 aromatic rings. The Morgan fingerprint density at radius 3 is 2.36 bits per heavy atom. The van der Waals surface area contributed by atoms with Crippen molar-refractivity contribution >= 4 is 34.8 Å². The molecule has 0 saturated heterocycles. The Labute approximate surface area is 260 Å². The average molecular weight is 622 g/mol. The Kier molecular flexibility index (Phi) is 9.56. The van der Waals surface area contributed by atoms with Gasteiger partial charge in [-0.15, -0.1) is 0 Å². The number of pyridine rings is 1. The summed E-state index contributed by atoms with van der Waals surface area (Å²) in [4.78, 5) is 18.0. The number of hydrogen-bond donors (Lipinski definition) is 3. The van der Waals surface area contributed by atoms with Crippen LogP contribution in [0, 0.1) is 30.4 Å². The summed E-state index contributed by atoms with van der Waals surface area (Å²) in [6.07, 6.45) is 1.19. The number of aromatic nitrogens is 3. The number of nitrogens with zero attached hydrogens (tertiary/aromatic N) is 3. The molecule has 44 heavy (non-hydrogen) atoms. The first-order chi connectivity index (χ1) is 20.5. The van der Waals surface area contributed by atoms with Crippen LogP contribution < -0.4 is 10.0 Å². The number of ether oxygens (including phenoxy) is 1. The van der Waals surface area contributed by atoms with E-state index < -0.39 is 35.0 Å². The molecule has 0 radical (unpaired) electrons. The van der Waals surface area contributed by atoms with Gasteiger partial charge in [0.1, 0.15) is 28.5 Å². The van der Waals surface area contributed by atoms with Gasteiger partial charge >= 0.3 is 6.09 Å². The number of aryl methyl sites for hydroxylation is 2. The maximum Gasteiger partial charge on any atom is 0.408 e. The van der Waals surface area contributed by atoms with Crippen molar-refractivity contribution in [2.24, 2.45) is 7.05 Å². The van der Waals surface area contributed by atoms with Crippen LogP contribution >= 0.6 is 11.9 Å². The second kappa shape index (κ2) is 12.8. The van der Waals surface area contributed by atoms with Gasteiger partial charge in [-0.25, -0.2) is 18.6 Å². The van der Waals surface area contributed by atoms with Crippen molar-refractivity contribution in [3.05, 3.63) is 76.6 Å². The minimum atomic E-state index is -1.27. The van der Waals surface area contributed by atoms with Crippen LogP contribution in [0.3, 0.4) is 0 Å². The topological polar surface area (TPSA) is 101 Å². The van der Waals surface area contributed by atoms with Gasteiger partial charge in [-0.2, -0.15) is 5.10 Å². The molecule has 0 aliphatic rings. The highest BCUT2D eigenvalue weighted by Crippen LogP contribution is 2.38. The van der Waals surface area contributed by atoms with Crippen molar-refractivity contribution < 1.29 is 23.4 Å². The van der Waals surface area contributed by atoms with Gasteiger partial charge in [0.2, 0.25) is 0 Å². The lowest BCUT2D eigenvalue weighted by Crippen LogP contribution is -2.36. The molecule has 2 aromatic carbocycles. The van der Waals surface area contributed by atoms with Crippen molar-refractivity contribution in [1.29, 1.82) is 0 Å². The van der Waals surface area contributed by atoms with Gasteiger partial charge in [0.15, 0.2) is 5.82 Å². The first-order valence-electron chi connectivity index (χ1n) is 14.0. The molecule has 0 fully saturated rings. The van der Waals surface area contributed by atoms with Crippen molar-refractivity contribution in [1.82, 2.24) is 20.1 Å². The first-order valence-corrected chi connectivity index (χ1v) is 15.2. The van der Waals surface area contributed by atoms with Crippen LogP contribution in [0.2, 0.25) is 0 Å². The first kappa shape index (κ1) is 32.8. The number of carbonyl (C=O) groups excluding carboxylic acids is 1. The number of anilines is 1. The number of rotatable bonds is 7. The molecular formula is C33H37F2N5O3S. The van der Waals surface area contributed by atoms with E-state index >= 15 is 0 Å². The Hall–Kier alpha value is -4.14. The smallest absolute Gasteiger partial charge is 0.408 e. The summed E-state index contributed by atoms with van der Waals surface area (Å²) in [5.41, 5.74) is 2.24. The van der Waals surface area contributed by atoms with Crippen LogP contribution in [0.25, 0.3) is 22.0 Å². The highest BCUT2D eigenvalue weighted by molar-refractivity contribution is 7.99. The van der Waals surface area contributed by atoms with Gasteiger partial charge in [-0.1, -0.05) is 30.0 Å². The Morgan fingerprint density at radius 2 is 1.75 bits per heavy atom. The number of alkyl carbamates (subject to hydrolysis) is 1. The molecule has 0 saturated carbocycles. The summed E-state index contributed by atoms with van der Waals surface area (Å²) in [5.74, 6) is 4.90. The molecule has 232 valence electrons. The van der Waals surface area contributed by atoms with Crippen molar-refractivity contribution in [3.63, 3.8) is 0 Å². The van der Waals surface area contributed by atoms with E-state index in [2.05, 4.69) is 21.9 Å². The molecule has 0 aliphatic carbocycles. The summed E-state index contributed by atoms with van der Waals surface area (Å²) >= 11 is 1.43. The molecule has 1 amide bonds. The van der Waals surface area contributed by atoms with Crippen LogP contribution in [-0.2, 0) is 18.2 Å². The van der Waals surface area contributed by atoms with Crippen molar-refractivity contribution in [2.75, 3.05) is 11.0 Å². The zero-order valence-corrected chi connectivity index (χ0v) is 26.9. The summed E-state index contributed by atoms with van der Waals surface area (Å²) in [5, 5.41) is 18.7. The molecule has 0 spiro atoms. The standard InChI is InChI=1S/C33H37F2N5O3S/c1-19-9-11-25(29-27(19)30(39-44-8)38-40(29)7)24-12-10-23(13-14-33(5,6)42)36-28(24)26(37-31(41)43-32(2,3)4)17-20-15-21(34)18-22(35)16-20/h9-12,15-16,18,26,42H,17H2,1-8H3,(H,37,41)(H,38,39). The molecule has 0 bridgehead atoms. The third-order valence-electron chi connectivity index (χ3n) is 6.49. The summed E-state index contributed by atoms with van der Waals surface area (Å²) in [6, 6.07) is 9.84.